The fraction of sp³-hybridized carbons (Fsp3) is 0.429. The van der Waals surface area contributed by atoms with Gasteiger partial charge in [0, 0.05) is 0 Å². The van der Waals surface area contributed by atoms with Crippen molar-refractivity contribution in [3.8, 4) is 0 Å². The number of rotatable bonds is 5. The molecule has 1 aromatic rings. The van der Waals surface area contributed by atoms with Crippen molar-refractivity contribution in [3.63, 3.8) is 0 Å². The van der Waals surface area contributed by atoms with Crippen LogP contribution in [0.25, 0.3) is 6.08 Å². The van der Waals surface area contributed by atoms with Crippen LogP contribution in [0.5, 0.6) is 0 Å². The van der Waals surface area contributed by atoms with E-state index in [1.807, 2.05) is 18.2 Å². The molecule has 0 amide bonds. The third-order valence-corrected chi connectivity index (χ3v) is 14.3. The minimum atomic E-state index is -1.79. The van der Waals surface area contributed by atoms with Gasteiger partial charge in [0.2, 0.25) is 0 Å². The van der Waals surface area contributed by atoms with E-state index in [9.17, 15) is 4.39 Å². The van der Waals surface area contributed by atoms with Gasteiger partial charge in [-0.2, -0.15) is 0 Å². The quantitative estimate of drug-likeness (QED) is 0.674. The van der Waals surface area contributed by atoms with Gasteiger partial charge in [0.05, 0.1) is 0 Å². The molecule has 0 radical (unpaired) electrons. The van der Waals surface area contributed by atoms with Crippen LogP contribution in [0.2, 0.25) is 15.8 Å². The first kappa shape index (κ1) is 13.5. The van der Waals surface area contributed by atoms with Gasteiger partial charge in [0.25, 0.3) is 0 Å². The molecule has 0 aromatic heterocycles. The van der Waals surface area contributed by atoms with E-state index in [-0.39, 0.29) is 5.82 Å². The van der Waals surface area contributed by atoms with E-state index in [2.05, 4.69) is 25.7 Å². The second-order valence-corrected chi connectivity index (χ2v) is 15.1. The zero-order chi connectivity index (χ0) is 12.0. The third kappa shape index (κ3) is 3.21. The van der Waals surface area contributed by atoms with Gasteiger partial charge in [-0.05, 0) is 0 Å². The monoisotopic (exact) mass is 282 g/mol. The SMILES string of the molecule is C[CH2][Ge](/[CH]=C/c1ccccc1F)([CH2]C)[CH2]C. The molecule has 0 N–H and O–H groups in total. The molecule has 0 nitrogen and oxygen atoms in total. The van der Waals surface area contributed by atoms with Crippen molar-refractivity contribution in [2.75, 3.05) is 0 Å². The molecule has 1 rings (SSSR count). The van der Waals surface area contributed by atoms with E-state index < -0.39 is 13.3 Å². The minimum absolute atomic E-state index is 0.113. The number of hydrogen-bond acceptors (Lipinski definition) is 0. The van der Waals surface area contributed by atoms with E-state index in [0.717, 1.165) is 5.56 Å². The van der Waals surface area contributed by atoms with Crippen LogP contribution in [0.1, 0.15) is 26.3 Å². The molecule has 0 unspecified atom stereocenters. The van der Waals surface area contributed by atoms with Crippen LogP contribution in [-0.4, -0.2) is 13.3 Å². The van der Waals surface area contributed by atoms with Crippen molar-refractivity contribution < 1.29 is 4.39 Å². The normalized spacial score (nSPS) is 12.2. The molecular weight excluding hydrogens is 260 g/mol. The Morgan fingerprint density at radius 1 is 1.06 bits per heavy atom. The summed E-state index contributed by atoms with van der Waals surface area (Å²) < 4.78 is 13.4. The second-order valence-electron chi connectivity index (χ2n) is 4.28. The molecule has 0 saturated carbocycles. The Bertz CT molecular complexity index is 345. The summed E-state index contributed by atoms with van der Waals surface area (Å²) in [6, 6.07) is 7.00. The molecule has 0 aliphatic rings. The first-order valence-corrected chi connectivity index (χ1v) is 11.8. The Labute approximate surface area is 101 Å². The topological polar surface area (TPSA) is 0 Å². The predicted octanol–water partition coefficient (Wildman–Crippen LogP) is 4.89. The van der Waals surface area contributed by atoms with Crippen LogP contribution >= 0.6 is 0 Å². The number of halogens is 1. The van der Waals surface area contributed by atoms with Crippen LogP contribution in [0.15, 0.2) is 29.2 Å². The van der Waals surface area contributed by atoms with Crippen molar-refractivity contribution in [2.24, 2.45) is 0 Å². The van der Waals surface area contributed by atoms with Gasteiger partial charge in [0.15, 0.2) is 0 Å². The molecule has 0 heterocycles. The Hall–Kier alpha value is -0.567. The predicted molar refractivity (Wildman–Crippen MR) is 72.6 cm³/mol. The van der Waals surface area contributed by atoms with Crippen LogP contribution < -0.4 is 0 Å². The zero-order valence-electron chi connectivity index (χ0n) is 10.5. The Morgan fingerprint density at radius 2 is 1.62 bits per heavy atom. The van der Waals surface area contributed by atoms with E-state index in [1.54, 1.807) is 6.07 Å². The summed E-state index contributed by atoms with van der Waals surface area (Å²) in [5.74, 6) is -0.113. The third-order valence-electron chi connectivity index (χ3n) is 3.63. The maximum absolute atomic E-state index is 13.4. The van der Waals surface area contributed by atoms with Gasteiger partial charge in [-0.25, -0.2) is 0 Å². The molecule has 0 fully saturated rings. The average Bonchev–Trinajstić information content (AvgIpc) is 2.34. The summed E-state index contributed by atoms with van der Waals surface area (Å²) in [4.78, 5) is 2.36. The summed E-state index contributed by atoms with van der Waals surface area (Å²) >= 11 is -1.79. The molecule has 16 heavy (non-hydrogen) atoms. The number of benzene rings is 1. The average molecular weight is 281 g/mol. The Morgan fingerprint density at radius 3 is 2.12 bits per heavy atom. The summed E-state index contributed by atoms with van der Waals surface area (Å²) in [6.07, 6.45) is 2.01. The molecule has 88 valence electrons. The summed E-state index contributed by atoms with van der Waals surface area (Å²) in [5.41, 5.74) is 0.729. The Kier molecular flexibility index (Phi) is 5.26. The van der Waals surface area contributed by atoms with Gasteiger partial charge in [-0.3, -0.25) is 0 Å². The van der Waals surface area contributed by atoms with E-state index in [1.165, 1.54) is 21.8 Å². The van der Waals surface area contributed by atoms with Gasteiger partial charge >= 0.3 is 101 Å². The standard InChI is InChI=1S/C14H21FGe/c1-4-16(5-2,6-3)12-11-13-9-7-8-10-14(13)15/h7-12H,4-6H2,1-3H3/b12-11+. The maximum atomic E-state index is 13.4. The second kappa shape index (κ2) is 6.24. The summed E-state index contributed by atoms with van der Waals surface area (Å²) in [7, 11) is 0. The zero-order valence-corrected chi connectivity index (χ0v) is 12.6. The molecule has 0 aliphatic heterocycles. The molecule has 0 spiro atoms. The first-order valence-electron chi connectivity index (χ1n) is 6.11. The molecular formula is C14H21FGe. The van der Waals surface area contributed by atoms with Crippen LogP contribution in [0.3, 0.4) is 0 Å². The Balaban J connectivity index is 2.91. The number of hydrogen-bond donors (Lipinski definition) is 0. The fourth-order valence-corrected chi connectivity index (χ4v) is 7.73. The van der Waals surface area contributed by atoms with Crippen molar-refractivity contribution in [1.29, 1.82) is 0 Å². The van der Waals surface area contributed by atoms with Crippen molar-refractivity contribution >= 4 is 19.3 Å². The molecule has 2 heteroatoms. The van der Waals surface area contributed by atoms with Crippen LogP contribution in [0.4, 0.5) is 4.39 Å². The van der Waals surface area contributed by atoms with Gasteiger partial charge in [0.1, 0.15) is 0 Å². The van der Waals surface area contributed by atoms with Crippen molar-refractivity contribution in [1.82, 2.24) is 0 Å². The van der Waals surface area contributed by atoms with Crippen LogP contribution in [-0.2, 0) is 0 Å². The molecule has 0 aliphatic carbocycles. The van der Waals surface area contributed by atoms with E-state index in [4.69, 9.17) is 0 Å². The molecule has 1 aromatic carbocycles. The molecule has 0 atom stereocenters. The van der Waals surface area contributed by atoms with Gasteiger partial charge in [-0.15, -0.1) is 0 Å². The van der Waals surface area contributed by atoms with Crippen LogP contribution in [0, 0.1) is 5.82 Å². The summed E-state index contributed by atoms with van der Waals surface area (Å²) in [6.45, 7) is 6.83. The van der Waals surface area contributed by atoms with Crippen molar-refractivity contribution in [2.45, 2.75) is 36.5 Å². The first-order chi connectivity index (χ1) is 7.67. The van der Waals surface area contributed by atoms with Gasteiger partial charge in [-0.1, -0.05) is 0 Å². The van der Waals surface area contributed by atoms with E-state index >= 15 is 0 Å². The fourth-order valence-electron chi connectivity index (χ4n) is 1.98. The molecule has 0 bridgehead atoms. The summed E-state index contributed by atoms with van der Waals surface area (Å²) in [5, 5.41) is 3.87. The molecule has 0 saturated heterocycles. The van der Waals surface area contributed by atoms with Crippen molar-refractivity contribution in [3.05, 3.63) is 40.6 Å². The van der Waals surface area contributed by atoms with E-state index in [0.29, 0.717) is 0 Å². The van der Waals surface area contributed by atoms with Gasteiger partial charge < -0.3 is 0 Å².